The molecular weight excluding hydrogens is 260 g/mol. The van der Waals surface area contributed by atoms with Gasteiger partial charge >= 0.3 is 6.09 Å². The summed E-state index contributed by atoms with van der Waals surface area (Å²) in [6.45, 7) is 5.74. The summed E-state index contributed by atoms with van der Waals surface area (Å²) >= 11 is 0. The van der Waals surface area contributed by atoms with Gasteiger partial charge in [-0.1, -0.05) is 11.2 Å². The van der Waals surface area contributed by atoms with Crippen molar-refractivity contribution in [2.45, 2.75) is 32.9 Å². The monoisotopic (exact) mass is 280 g/mol. The lowest BCUT2D eigenvalue weighted by molar-refractivity contribution is 0.0523. The molecule has 7 nitrogen and oxygen atoms in total. The normalized spacial score (nSPS) is 11.9. The van der Waals surface area contributed by atoms with Gasteiger partial charge in [-0.05, 0) is 32.4 Å². The average molecular weight is 280 g/mol. The van der Waals surface area contributed by atoms with Crippen molar-refractivity contribution in [1.29, 1.82) is 0 Å². The topological polar surface area (TPSA) is 98.8 Å². The molecule has 0 saturated carbocycles. The smallest absolute Gasteiger partial charge is 0.407 e. The Morgan fingerprint density at radius 3 is 2.65 bits per heavy atom. The number of aromatic nitrogens is 1. The van der Waals surface area contributed by atoms with Crippen molar-refractivity contribution in [1.82, 2.24) is 10.3 Å². The maximum Gasteiger partial charge on any atom is 0.407 e. The Kier molecular flexibility index (Phi) is 5.31. The van der Waals surface area contributed by atoms with E-state index in [4.69, 9.17) is 10.5 Å². The third kappa shape index (κ3) is 5.55. The molecule has 1 aromatic rings. The van der Waals surface area contributed by atoms with Gasteiger partial charge in [0, 0.05) is 12.7 Å². The first kappa shape index (κ1) is 15.7. The molecule has 0 aliphatic carbocycles. The van der Waals surface area contributed by atoms with Crippen LogP contribution in [-0.2, 0) is 16.1 Å². The van der Waals surface area contributed by atoms with E-state index in [1.165, 1.54) is 7.11 Å². The average Bonchev–Trinajstić information content (AvgIpc) is 2.35. The van der Waals surface area contributed by atoms with E-state index in [-0.39, 0.29) is 5.84 Å². The summed E-state index contributed by atoms with van der Waals surface area (Å²) in [5, 5.41) is 6.22. The molecule has 0 aromatic carbocycles. The number of nitrogens with one attached hydrogen (secondary N) is 1. The highest BCUT2D eigenvalue weighted by atomic mass is 16.6. The molecule has 1 rings (SSSR count). The highest BCUT2D eigenvalue weighted by molar-refractivity contribution is 5.95. The van der Waals surface area contributed by atoms with Crippen LogP contribution in [0, 0.1) is 0 Å². The molecule has 0 atom stereocenters. The second-order valence-corrected chi connectivity index (χ2v) is 5.07. The molecule has 20 heavy (non-hydrogen) atoms. The molecule has 1 heterocycles. The number of amidine groups is 1. The molecule has 0 unspecified atom stereocenters. The van der Waals surface area contributed by atoms with Gasteiger partial charge in [-0.25, -0.2) is 4.79 Å². The van der Waals surface area contributed by atoms with Crippen LogP contribution in [0.4, 0.5) is 4.79 Å². The molecule has 0 fully saturated rings. The van der Waals surface area contributed by atoms with Gasteiger partial charge < -0.3 is 20.6 Å². The van der Waals surface area contributed by atoms with Crippen molar-refractivity contribution >= 4 is 11.9 Å². The van der Waals surface area contributed by atoms with Gasteiger partial charge in [-0.3, -0.25) is 4.98 Å². The minimum Gasteiger partial charge on any atom is -0.444 e. The van der Waals surface area contributed by atoms with E-state index < -0.39 is 11.7 Å². The molecular formula is C13H20N4O3. The van der Waals surface area contributed by atoms with Crippen LogP contribution in [0.3, 0.4) is 0 Å². The quantitative estimate of drug-likeness (QED) is 0.493. The van der Waals surface area contributed by atoms with Crippen molar-refractivity contribution in [3.8, 4) is 0 Å². The van der Waals surface area contributed by atoms with Crippen LogP contribution in [0.1, 0.15) is 32.0 Å². The van der Waals surface area contributed by atoms with E-state index in [2.05, 4.69) is 20.3 Å². The van der Waals surface area contributed by atoms with E-state index in [0.29, 0.717) is 12.2 Å². The number of ether oxygens (including phenoxy) is 1. The SMILES string of the molecule is CO/N=C(\N)c1ccc(CNC(=O)OC(C)(C)C)cn1. The molecule has 110 valence electrons. The van der Waals surface area contributed by atoms with E-state index in [9.17, 15) is 4.79 Å². The summed E-state index contributed by atoms with van der Waals surface area (Å²) in [6.07, 6.45) is 1.13. The minimum absolute atomic E-state index is 0.194. The number of oxime groups is 1. The Morgan fingerprint density at radius 2 is 2.15 bits per heavy atom. The molecule has 0 aliphatic rings. The van der Waals surface area contributed by atoms with Crippen LogP contribution < -0.4 is 11.1 Å². The summed E-state index contributed by atoms with van der Waals surface area (Å²) in [4.78, 5) is 20.2. The van der Waals surface area contributed by atoms with Crippen LogP contribution in [-0.4, -0.2) is 29.6 Å². The first-order chi connectivity index (χ1) is 9.31. The van der Waals surface area contributed by atoms with Crippen molar-refractivity contribution < 1.29 is 14.4 Å². The number of alkyl carbamates (subject to hydrolysis) is 1. The molecule has 0 radical (unpaired) electrons. The highest BCUT2D eigenvalue weighted by Gasteiger charge is 2.15. The summed E-state index contributed by atoms with van der Waals surface area (Å²) in [5.74, 6) is 0.194. The number of hydrogen-bond donors (Lipinski definition) is 2. The van der Waals surface area contributed by atoms with E-state index >= 15 is 0 Å². The Hall–Kier alpha value is -2.31. The summed E-state index contributed by atoms with van der Waals surface area (Å²) in [5.41, 5.74) is 6.43. The van der Waals surface area contributed by atoms with Gasteiger partial charge in [-0.15, -0.1) is 0 Å². The van der Waals surface area contributed by atoms with Crippen LogP contribution in [0.2, 0.25) is 0 Å². The summed E-state index contributed by atoms with van der Waals surface area (Å²) in [6, 6.07) is 3.49. The zero-order valence-electron chi connectivity index (χ0n) is 12.1. The van der Waals surface area contributed by atoms with Crippen LogP contribution >= 0.6 is 0 Å². The Balaban J connectivity index is 2.54. The molecule has 1 aromatic heterocycles. The lowest BCUT2D eigenvalue weighted by Gasteiger charge is -2.19. The number of nitrogens with zero attached hydrogens (tertiary/aromatic N) is 2. The van der Waals surface area contributed by atoms with Gasteiger partial charge in [0.1, 0.15) is 18.4 Å². The third-order valence-electron chi connectivity index (χ3n) is 2.11. The largest absolute Gasteiger partial charge is 0.444 e. The van der Waals surface area contributed by atoms with Crippen LogP contribution in [0.15, 0.2) is 23.5 Å². The van der Waals surface area contributed by atoms with Crippen molar-refractivity contribution in [3.05, 3.63) is 29.6 Å². The fraction of sp³-hybridized carbons (Fsp3) is 0.462. The first-order valence-corrected chi connectivity index (χ1v) is 6.10. The van der Waals surface area contributed by atoms with Crippen LogP contribution in [0.25, 0.3) is 0 Å². The second-order valence-electron chi connectivity index (χ2n) is 5.07. The van der Waals surface area contributed by atoms with E-state index in [1.54, 1.807) is 39.1 Å². The van der Waals surface area contributed by atoms with Crippen molar-refractivity contribution in [2.75, 3.05) is 7.11 Å². The predicted octanol–water partition coefficient (Wildman–Crippen LogP) is 1.37. The number of amides is 1. The zero-order valence-corrected chi connectivity index (χ0v) is 12.1. The summed E-state index contributed by atoms with van der Waals surface area (Å²) < 4.78 is 5.13. The Bertz CT molecular complexity index is 477. The fourth-order valence-corrected chi connectivity index (χ4v) is 1.31. The Labute approximate surface area is 118 Å². The number of nitrogens with two attached hydrogens (primary N) is 1. The molecule has 0 aliphatic heterocycles. The molecule has 7 heteroatoms. The molecule has 0 saturated heterocycles. The molecule has 3 N–H and O–H groups in total. The number of pyridine rings is 1. The predicted molar refractivity (Wildman–Crippen MR) is 75.0 cm³/mol. The first-order valence-electron chi connectivity index (χ1n) is 6.10. The van der Waals surface area contributed by atoms with Gasteiger partial charge in [-0.2, -0.15) is 0 Å². The maximum absolute atomic E-state index is 11.5. The lowest BCUT2D eigenvalue weighted by Crippen LogP contribution is -2.32. The third-order valence-corrected chi connectivity index (χ3v) is 2.11. The Morgan fingerprint density at radius 1 is 1.45 bits per heavy atom. The fourth-order valence-electron chi connectivity index (χ4n) is 1.31. The number of carbonyl (C=O) groups is 1. The maximum atomic E-state index is 11.5. The van der Waals surface area contributed by atoms with Gasteiger partial charge in [0.25, 0.3) is 0 Å². The van der Waals surface area contributed by atoms with Gasteiger partial charge in [0.2, 0.25) is 0 Å². The highest BCUT2D eigenvalue weighted by Crippen LogP contribution is 2.07. The van der Waals surface area contributed by atoms with Crippen molar-refractivity contribution in [2.24, 2.45) is 10.9 Å². The van der Waals surface area contributed by atoms with E-state index in [1.807, 2.05) is 0 Å². The molecule has 0 bridgehead atoms. The molecule has 0 spiro atoms. The number of carbonyl (C=O) groups excluding carboxylic acids is 1. The second kappa shape index (κ2) is 6.74. The number of rotatable bonds is 4. The zero-order chi connectivity index (χ0) is 15.2. The number of hydrogen-bond acceptors (Lipinski definition) is 5. The van der Waals surface area contributed by atoms with E-state index in [0.717, 1.165) is 5.56 Å². The summed E-state index contributed by atoms with van der Waals surface area (Å²) in [7, 11) is 1.41. The van der Waals surface area contributed by atoms with Crippen molar-refractivity contribution in [3.63, 3.8) is 0 Å². The lowest BCUT2D eigenvalue weighted by atomic mass is 10.2. The minimum atomic E-state index is -0.517. The molecule has 1 amide bonds. The van der Waals surface area contributed by atoms with Gasteiger partial charge in [0.15, 0.2) is 5.84 Å². The van der Waals surface area contributed by atoms with Crippen LogP contribution in [0.5, 0.6) is 0 Å². The van der Waals surface area contributed by atoms with Gasteiger partial charge in [0.05, 0.1) is 0 Å². The standard InChI is InChI=1S/C13H20N4O3/c1-13(2,3)20-12(18)16-8-9-5-6-10(15-7-9)11(14)17-19-4/h5-7H,8H2,1-4H3,(H2,14,17)(H,16,18).